The molecule has 0 aromatic heterocycles. The average molecular weight is 229 g/mol. The summed E-state index contributed by atoms with van der Waals surface area (Å²) >= 11 is 0. The summed E-state index contributed by atoms with van der Waals surface area (Å²) in [7, 11) is 0. The van der Waals surface area contributed by atoms with Gasteiger partial charge in [-0.25, -0.2) is 0 Å². The predicted molar refractivity (Wildman–Crippen MR) is 58.9 cm³/mol. The molecule has 0 saturated carbocycles. The lowest BCUT2D eigenvalue weighted by molar-refractivity contribution is -0.138. The first-order chi connectivity index (χ1) is 7.50. The highest BCUT2D eigenvalue weighted by atomic mass is 16.4. The Morgan fingerprint density at radius 3 is 2.56 bits per heavy atom. The van der Waals surface area contributed by atoms with Gasteiger partial charge in [0.2, 0.25) is 5.91 Å². The lowest BCUT2D eigenvalue weighted by Crippen LogP contribution is -2.44. The van der Waals surface area contributed by atoms with Gasteiger partial charge in [0.05, 0.1) is 12.6 Å². The van der Waals surface area contributed by atoms with E-state index in [1.165, 1.54) is 0 Å². The molecular weight excluding hydrogens is 210 g/mol. The second-order valence-electron chi connectivity index (χ2n) is 4.14. The number of nitrogens with two attached hydrogens (primary N) is 1. The van der Waals surface area contributed by atoms with Crippen molar-refractivity contribution in [2.24, 2.45) is 5.73 Å². The summed E-state index contributed by atoms with van der Waals surface area (Å²) < 4.78 is 0. The summed E-state index contributed by atoms with van der Waals surface area (Å²) in [6.07, 6.45) is 0.797. The maximum atomic E-state index is 11.6. The molecule has 1 heterocycles. The van der Waals surface area contributed by atoms with Crippen molar-refractivity contribution in [2.75, 3.05) is 32.7 Å². The van der Waals surface area contributed by atoms with Gasteiger partial charge in [0.1, 0.15) is 0 Å². The first kappa shape index (κ1) is 12.9. The Morgan fingerprint density at radius 2 is 2.00 bits per heavy atom. The Bertz CT molecular complexity index is 268. The third-order valence-electron chi connectivity index (χ3n) is 2.65. The summed E-state index contributed by atoms with van der Waals surface area (Å²) in [6.45, 7) is 4.26. The van der Waals surface area contributed by atoms with Crippen LogP contribution in [0.1, 0.15) is 13.3 Å². The van der Waals surface area contributed by atoms with E-state index in [2.05, 4.69) is 0 Å². The summed E-state index contributed by atoms with van der Waals surface area (Å²) in [5.41, 5.74) is 5.53. The smallest absolute Gasteiger partial charge is 0.317 e. The van der Waals surface area contributed by atoms with Crippen molar-refractivity contribution in [3.8, 4) is 0 Å². The Balaban J connectivity index is 2.46. The van der Waals surface area contributed by atoms with E-state index in [1.807, 2.05) is 4.90 Å². The molecular formula is C10H19N3O3. The third kappa shape index (κ3) is 3.79. The summed E-state index contributed by atoms with van der Waals surface area (Å²) in [4.78, 5) is 25.8. The van der Waals surface area contributed by atoms with Gasteiger partial charge in [-0.2, -0.15) is 0 Å². The predicted octanol–water partition coefficient (Wildman–Crippen LogP) is -1.05. The molecule has 0 aliphatic carbocycles. The van der Waals surface area contributed by atoms with Gasteiger partial charge in [-0.3, -0.25) is 14.5 Å². The molecule has 0 bridgehead atoms. The van der Waals surface area contributed by atoms with Crippen LogP contribution in [0.25, 0.3) is 0 Å². The van der Waals surface area contributed by atoms with Crippen LogP contribution >= 0.6 is 0 Å². The Hall–Kier alpha value is -1.14. The molecule has 1 atom stereocenters. The molecule has 92 valence electrons. The molecule has 16 heavy (non-hydrogen) atoms. The van der Waals surface area contributed by atoms with Crippen LogP contribution in [-0.2, 0) is 9.59 Å². The molecule has 1 saturated heterocycles. The zero-order valence-electron chi connectivity index (χ0n) is 9.56. The molecule has 0 radical (unpaired) electrons. The zero-order chi connectivity index (χ0) is 12.1. The molecule has 0 aromatic carbocycles. The van der Waals surface area contributed by atoms with Gasteiger partial charge < -0.3 is 15.7 Å². The van der Waals surface area contributed by atoms with E-state index >= 15 is 0 Å². The number of carboxylic acid groups (broad SMARTS) is 1. The molecule has 0 aromatic rings. The van der Waals surface area contributed by atoms with Gasteiger partial charge in [-0.05, 0) is 13.3 Å². The van der Waals surface area contributed by atoms with Crippen molar-refractivity contribution in [1.82, 2.24) is 9.80 Å². The maximum absolute atomic E-state index is 11.6. The summed E-state index contributed by atoms with van der Waals surface area (Å²) in [6, 6.07) is -0.481. The van der Waals surface area contributed by atoms with E-state index in [0.29, 0.717) is 19.6 Å². The highest BCUT2D eigenvalue weighted by Gasteiger charge is 2.21. The largest absolute Gasteiger partial charge is 0.480 e. The normalized spacial score (nSPS) is 20.2. The number of carbonyl (C=O) groups excluding carboxylic acids is 1. The van der Waals surface area contributed by atoms with E-state index in [-0.39, 0.29) is 12.5 Å². The molecule has 1 amide bonds. The monoisotopic (exact) mass is 229 g/mol. The number of amides is 1. The number of nitrogens with zero attached hydrogens (tertiary/aromatic N) is 2. The molecule has 1 rings (SSSR count). The number of hydrogen-bond donors (Lipinski definition) is 2. The molecule has 6 heteroatoms. The van der Waals surface area contributed by atoms with Crippen molar-refractivity contribution in [3.05, 3.63) is 0 Å². The fourth-order valence-electron chi connectivity index (χ4n) is 1.83. The van der Waals surface area contributed by atoms with Crippen LogP contribution in [0.15, 0.2) is 0 Å². The van der Waals surface area contributed by atoms with Gasteiger partial charge in [-0.15, -0.1) is 0 Å². The van der Waals surface area contributed by atoms with Gasteiger partial charge in [0.25, 0.3) is 0 Å². The fourth-order valence-corrected chi connectivity index (χ4v) is 1.83. The maximum Gasteiger partial charge on any atom is 0.317 e. The quantitative estimate of drug-likeness (QED) is 0.645. The van der Waals surface area contributed by atoms with E-state index in [0.717, 1.165) is 13.0 Å². The molecule has 1 fully saturated rings. The SMILES string of the molecule is C[C@@H](N)C(=O)N1CCCN(CC(=O)O)CC1. The lowest BCUT2D eigenvalue weighted by Gasteiger charge is -2.22. The van der Waals surface area contributed by atoms with E-state index in [1.54, 1.807) is 11.8 Å². The molecule has 3 N–H and O–H groups in total. The van der Waals surface area contributed by atoms with Crippen LogP contribution in [0, 0.1) is 0 Å². The van der Waals surface area contributed by atoms with Crippen LogP contribution in [0.4, 0.5) is 0 Å². The number of carbonyl (C=O) groups is 2. The van der Waals surface area contributed by atoms with Crippen molar-refractivity contribution in [3.63, 3.8) is 0 Å². The average Bonchev–Trinajstić information content (AvgIpc) is 2.41. The van der Waals surface area contributed by atoms with Crippen LogP contribution in [-0.4, -0.2) is 65.5 Å². The van der Waals surface area contributed by atoms with E-state index in [9.17, 15) is 9.59 Å². The Labute approximate surface area is 95.0 Å². The van der Waals surface area contributed by atoms with Gasteiger partial charge in [0, 0.05) is 26.2 Å². The van der Waals surface area contributed by atoms with Gasteiger partial charge >= 0.3 is 5.97 Å². The first-order valence-electron chi connectivity index (χ1n) is 5.49. The molecule has 0 spiro atoms. The zero-order valence-corrected chi connectivity index (χ0v) is 9.56. The van der Waals surface area contributed by atoms with Crippen molar-refractivity contribution >= 4 is 11.9 Å². The summed E-state index contributed by atoms with van der Waals surface area (Å²) in [5.74, 6) is -0.885. The van der Waals surface area contributed by atoms with Crippen molar-refractivity contribution in [2.45, 2.75) is 19.4 Å². The second-order valence-corrected chi connectivity index (χ2v) is 4.14. The third-order valence-corrected chi connectivity index (χ3v) is 2.65. The Morgan fingerprint density at radius 1 is 1.31 bits per heavy atom. The number of aliphatic carboxylic acids is 1. The van der Waals surface area contributed by atoms with Crippen LogP contribution in [0.2, 0.25) is 0 Å². The molecule has 6 nitrogen and oxygen atoms in total. The fraction of sp³-hybridized carbons (Fsp3) is 0.800. The number of rotatable bonds is 3. The lowest BCUT2D eigenvalue weighted by atomic mass is 10.3. The standard InChI is InChI=1S/C10H19N3O3/c1-8(11)10(16)13-4-2-3-12(5-6-13)7-9(14)15/h8H,2-7,11H2,1H3,(H,14,15)/t8-/m1/s1. The van der Waals surface area contributed by atoms with E-state index in [4.69, 9.17) is 10.8 Å². The van der Waals surface area contributed by atoms with Crippen LogP contribution in [0.3, 0.4) is 0 Å². The molecule has 1 aliphatic heterocycles. The van der Waals surface area contributed by atoms with Crippen molar-refractivity contribution < 1.29 is 14.7 Å². The minimum atomic E-state index is -0.827. The molecule has 0 unspecified atom stereocenters. The first-order valence-corrected chi connectivity index (χ1v) is 5.49. The minimum absolute atomic E-state index is 0.0419. The second kappa shape index (κ2) is 5.81. The highest BCUT2D eigenvalue weighted by molar-refractivity contribution is 5.81. The van der Waals surface area contributed by atoms with E-state index < -0.39 is 12.0 Å². The summed E-state index contributed by atoms with van der Waals surface area (Å²) in [5, 5.41) is 8.68. The molecule has 1 aliphatic rings. The van der Waals surface area contributed by atoms with Crippen molar-refractivity contribution in [1.29, 1.82) is 0 Å². The topological polar surface area (TPSA) is 86.9 Å². The number of carboxylic acids is 1. The van der Waals surface area contributed by atoms with Gasteiger partial charge in [0.15, 0.2) is 0 Å². The minimum Gasteiger partial charge on any atom is -0.480 e. The Kier molecular flexibility index (Phi) is 4.70. The van der Waals surface area contributed by atoms with Crippen LogP contribution in [0.5, 0.6) is 0 Å². The number of hydrogen-bond acceptors (Lipinski definition) is 4. The van der Waals surface area contributed by atoms with Gasteiger partial charge in [-0.1, -0.05) is 0 Å². The highest BCUT2D eigenvalue weighted by Crippen LogP contribution is 2.04. The van der Waals surface area contributed by atoms with Crippen LogP contribution < -0.4 is 5.73 Å².